The Morgan fingerprint density at radius 2 is 1.82 bits per heavy atom. The number of rotatable bonds is 5. The number of piperazine rings is 1. The van der Waals surface area contributed by atoms with Gasteiger partial charge in [0.05, 0.1) is 13.2 Å². The molecule has 1 aromatic rings. The Bertz CT molecular complexity index is 487. The summed E-state index contributed by atoms with van der Waals surface area (Å²) in [6.45, 7) is 5.23. The molecular formula is C15H22N4O3. The van der Waals surface area contributed by atoms with E-state index in [2.05, 4.69) is 10.3 Å². The van der Waals surface area contributed by atoms with Gasteiger partial charge in [-0.05, 0) is 24.6 Å². The molecule has 22 heavy (non-hydrogen) atoms. The van der Waals surface area contributed by atoms with Crippen molar-refractivity contribution in [1.29, 1.82) is 0 Å². The molecule has 120 valence electrons. The van der Waals surface area contributed by atoms with E-state index >= 15 is 0 Å². The van der Waals surface area contributed by atoms with Gasteiger partial charge in [-0.1, -0.05) is 0 Å². The van der Waals surface area contributed by atoms with Gasteiger partial charge in [0.2, 0.25) is 5.91 Å². The second kappa shape index (κ2) is 8.33. The van der Waals surface area contributed by atoms with Crippen LogP contribution in [-0.2, 0) is 16.1 Å². The third kappa shape index (κ3) is 4.70. The summed E-state index contributed by atoms with van der Waals surface area (Å²) in [7, 11) is 0. The summed E-state index contributed by atoms with van der Waals surface area (Å²) in [4.78, 5) is 31.1. The standard InChI is InChI=1S/C15H22N4O3/c1-2-22-15(21)19-9-7-18(8-10-19)14(20)12-17-11-13-3-5-16-6-4-13/h3-6,17H,2,7-12H2,1H3. The molecule has 0 bridgehead atoms. The number of ether oxygens (including phenoxy) is 1. The highest BCUT2D eigenvalue weighted by molar-refractivity contribution is 5.78. The molecule has 0 atom stereocenters. The Morgan fingerprint density at radius 3 is 2.45 bits per heavy atom. The number of carbonyl (C=O) groups excluding carboxylic acids is 2. The smallest absolute Gasteiger partial charge is 0.409 e. The summed E-state index contributed by atoms with van der Waals surface area (Å²) in [5.41, 5.74) is 1.09. The molecule has 2 amide bonds. The van der Waals surface area contributed by atoms with E-state index in [0.29, 0.717) is 45.9 Å². The second-order valence-corrected chi connectivity index (χ2v) is 5.03. The molecule has 1 aromatic heterocycles. The SMILES string of the molecule is CCOC(=O)N1CCN(C(=O)CNCc2ccncc2)CC1. The van der Waals surface area contributed by atoms with Crippen LogP contribution in [0.15, 0.2) is 24.5 Å². The number of nitrogens with one attached hydrogen (secondary N) is 1. The third-order valence-corrected chi connectivity index (χ3v) is 3.51. The number of carbonyl (C=O) groups is 2. The van der Waals surface area contributed by atoms with Crippen molar-refractivity contribution in [3.8, 4) is 0 Å². The number of amides is 2. The van der Waals surface area contributed by atoms with Gasteiger partial charge < -0.3 is 19.9 Å². The first-order valence-electron chi connectivity index (χ1n) is 7.49. The van der Waals surface area contributed by atoms with Gasteiger partial charge in [0.25, 0.3) is 0 Å². The average molecular weight is 306 g/mol. The normalized spacial score (nSPS) is 14.8. The zero-order valence-corrected chi connectivity index (χ0v) is 12.8. The topological polar surface area (TPSA) is 74.8 Å². The molecule has 0 spiro atoms. The van der Waals surface area contributed by atoms with Crippen LogP contribution in [0, 0.1) is 0 Å². The van der Waals surface area contributed by atoms with E-state index in [1.165, 1.54) is 0 Å². The monoisotopic (exact) mass is 306 g/mol. The Morgan fingerprint density at radius 1 is 1.18 bits per heavy atom. The van der Waals surface area contributed by atoms with E-state index in [4.69, 9.17) is 4.74 Å². The molecule has 0 aromatic carbocycles. The molecule has 2 rings (SSSR count). The van der Waals surface area contributed by atoms with Crippen LogP contribution in [-0.4, -0.2) is 66.1 Å². The maximum absolute atomic E-state index is 12.1. The van der Waals surface area contributed by atoms with Crippen molar-refractivity contribution >= 4 is 12.0 Å². The molecule has 7 nitrogen and oxygen atoms in total. The zero-order chi connectivity index (χ0) is 15.8. The molecule has 0 saturated carbocycles. The number of hydrogen-bond acceptors (Lipinski definition) is 5. The summed E-state index contributed by atoms with van der Waals surface area (Å²) in [5, 5.41) is 3.13. The van der Waals surface area contributed by atoms with E-state index < -0.39 is 0 Å². The van der Waals surface area contributed by atoms with Gasteiger partial charge in [-0.2, -0.15) is 0 Å². The minimum absolute atomic E-state index is 0.0533. The van der Waals surface area contributed by atoms with Gasteiger partial charge in [-0.15, -0.1) is 0 Å². The Labute approximate surface area is 130 Å². The molecular weight excluding hydrogens is 284 g/mol. The van der Waals surface area contributed by atoms with Crippen LogP contribution in [0.3, 0.4) is 0 Å². The van der Waals surface area contributed by atoms with Crippen molar-refractivity contribution < 1.29 is 14.3 Å². The lowest BCUT2D eigenvalue weighted by Gasteiger charge is -2.34. The summed E-state index contributed by atoms with van der Waals surface area (Å²) in [5.74, 6) is 0.0533. The Hall–Kier alpha value is -2.15. The van der Waals surface area contributed by atoms with Crippen LogP contribution in [0.1, 0.15) is 12.5 Å². The first-order chi connectivity index (χ1) is 10.7. The first kappa shape index (κ1) is 16.2. The van der Waals surface area contributed by atoms with Crippen LogP contribution in [0.5, 0.6) is 0 Å². The van der Waals surface area contributed by atoms with Crippen molar-refractivity contribution in [1.82, 2.24) is 20.1 Å². The highest BCUT2D eigenvalue weighted by atomic mass is 16.6. The lowest BCUT2D eigenvalue weighted by Crippen LogP contribution is -2.52. The molecule has 0 aliphatic carbocycles. The van der Waals surface area contributed by atoms with Crippen LogP contribution in [0.2, 0.25) is 0 Å². The predicted octanol–water partition coefficient (Wildman–Crippen LogP) is 0.472. The van der Waals surface area contributed by atoms with E-state index in [9.17, 15) is 9.59 Å². The lowest BCUT2D eigenvalue weighted by atomic mass is 10.2. The minimum atomic E-state index is -0.301. The Balaban J connectivity index is 1.68. The minimum Gasteiger partial charge on any atom is -0.450 e. The van der Waals surface area contributed by atoms with Crippen LogP contribution in [0.4, 0.5) is 4.79 Å². The second-order valence-electron chi connectivity index (χ2n) is 5.03. The number of hydrogen-bond donors (Lipinski definition) is 1. The fourth-order valence-electron chi connectivity index (χ4n) is 2.28. The van der Waals surface area contributed by atoms with E-state index in [-0.39, 0.29) is 12.0 Å². The number of aromatic nitrogens is 1. The summed E-state index contributed by atoms with van der Waals surface area (Å²) in [6, 6.07) is 3.82. The molecule has 1 N–H and O–H groups in total. The molecule has 2 heterocycles. The van der Waals surface area contributed by atoms with Gasteiger partial charge in [0.15, 0.2) is 0 Å². The fraction of sp³-hybridized carbons (Fsp3) is 0.533. The number of nitrogens with zero attached hydrogens (tertiary/aromatic N) is 3. The van der Waals surface area contributed by atoms with Gasteiger partial charge in [-0.3, -0.25) is 9.78 Å². The molecule has 1 aliphatic rings. The maximum Gasteiger partial charge on any atom is 0.409 e. The van der Waals surface area contributed by atoms with Crippen molar-refractivity contribution in [2.24, 2.45) is 0 Å². The summed E-state index contributed by atoms with van der Waals surface area (Å²) < 4.78 is 4.96. The van der Waals surface area contributed by atoms with Crippen molar-refractivity contribution in [2.45, 2.75) is 13.5 Å². The summed E-state index contributed by atoms with van der Waals surface area (Å²) >= 11 is 0. The largest absolute Gasteiger partial charge is 0.450 e. The van der Waals surface area contributed by atoms with Gasteiger partial charge >= 0.3 is 6.09 Å². The van der Waals surface area contributed by atoms with Gasteiger partial charge in [0, 0.05) is 45.1 Å². The highest BCUT2D eigenvalue weighted by Crippen LogP contribution is 2.04. The van der Waals surface area contributed by atoms with Gasteiger partial charge in [-0.25, -0.2) is 4.79 Å². The summed E-state index contributed by atoms with van der Waals surface area (Å²) in [6.07, 6.45) is 3.16. The average Bonchev–Trinajstić information content (AvgIpc) is 2.56. The number of pyridine rings is 1. The molecule has 0 radical (unpaired) electrons. The quantitative estimate of drug-likeness (QED) is 0.856. The molecule has 7 heteroatoms. The molecule has 1 aliphatic heterocycles. The highest BCUT2D eigenvalue weighted by Gasteiger charge is 2.24. The Kier molecular flexibility index (Phi) is 6.14. The third-order valence-electron chi connectivity index (χ3n) is 3.51. The van der Waals surface area contributed by atoms with Gasteiger partial charge in [0.1, 0.15) is 0 Å². The van der Waals surface area contributed by atoms with E-state index in [1.807, 2.05) is 12.1 Å². The maximum atomic E-state index is 12.1. The fourth-order valence-corrected chi connectivity index (χ4v) is 2.28. The lowest BCUT2D eigenvalue weighted by molar-refractivity contribution is -0.131. The molecule has 1 fully saturated rings. The van der Waals surface area contributed by atoms with E-state index in [0.717, 1.165) is 5.56 Å². The first-order valence-corrected chi connectivity index (χ1v) is 7.49. The molecule has 0 unspecified atom stereocenters. The van der Waals surface area contributed by atoms with Crippen molar-refractivity contribution in [2.75, 3.05) is 39.3 Å². The predicted molar refractivity (Wildman–Crippen MR) is 81.1 cm³/mol. The molecule has 1 saturated heterocycles. The van der Waals surface area contributed by atoms with Crippen LogP contribution >= 0.6 is 0 Å². The van der Waals surface area contributed by atoms with Crippen molar-refractivity contribution in [3.05, 3.63) is 30.1 Å². The van der Waals surface area contributed by atoms with E-state index in [1.54, 1.807) is 29.1 Å². The van der Waals surface area contributed by atoms with Crippen LogP contribution < -0.4 is 5.32 Å². The zero-order valence-electron chi connectivity index (χ0n) is 12.8. The van der Waals surface area contributed by atoms with Crippen LogP contribution in [0.25, 0.3) is 0 Å². The van der Waals surface area contributed by atoms with Crippen molar-refractivity contribution in [3.63, 3.8) is 0 Å².